The lowest BCUT2D eigenvalue weighted by atomic mass is 10.2. The Morgan fingerprint density at radius 1 is 1.19 bits per heavy atom. The van der Waals surface area contributed by atoms with E-state index in [2.05, 4.69) is 41.7 Å². The first-order valence-electron chi connectivity index (χ1n) is 6.09. The van der Waals surface area contributed by atoms with Gasteiger partial charge in [0.2, 0.25) is 10.0 Å². The van der Waals surface area contributed by atoms with Crippen LogP contribution in [0.25, 0.3) is 0 Å². The van der Waals surface area contributed by atoms with Gasteiger partial charge in [-0.1, -0.05) is 21.1 Å². The fourth-order valence-electron chi connectivity index (χ4n) is 1.83. The fourth-order valence-corrected chi connectivity index (χ4v) is 4.50. The quantitative estimate of drug-likeness (QED) is 0.792. The zero-order valence-corrected chi connectivity index (χ0v) is 15.7. The Labute approximate surface area is 140 Å². The molecule has 0 saturated carbocycles. The van der Waals surface area contributed by atoms with Crippen LogP contribution in [0.3, 0.4) is 0 Å². The SMILES string of the molecule is Cc1cc(Br)c(S(=O)(=O)NCc2c(C)noc2C)cc1Br. The Kier molecular flexibility index (Phi) is 4.92. The standard InChI is InChI=1S/C13H14Br2N2O3S/c1-7-4-12(15)13(5-11(7)14)21(18,19)16-6-10-8(2)17-20-9(10)3/h4-5,16H,6H2,1-3H3. The van der Waals surface area contributed by atoms with Crippen LogP contribution in [0.15, 0.2) is 30.5 Å². The number of hydrogen-bond donors (Lipinski definition) is 1. The largest absolute Gasteiger partial charge is 0.361 e. The normalized spacial score (nSPS) is 11.9. The highest BCUT2D eigenvalue weighted by molar-refractivity contribution is 9.11. The summed E-state index contributed by atoms with van der Waals surface area (Å²) in [5.74, 6) is 0.611. The summed E-state index contributed by atoms with van der Waals surface area (Å²) in [5, 5.41) is 3.81. The summed E-state index contributed by atoms with van der Waals surface area (Å²) >= 11 is 6.64. The van der Waals surface area contributed by atoms with Crippen molar-refractivity contribution in [2.45, 2.75) is 32.2 Å². The highest BCUT2D eigenvalue weighted by atomic mass is 79.9. The molecular weight excluding hydrogens is 424 g/mol. The minimum atomic E-state index is -3.64. The number of sulfonamides is 1. The van der Waals surface area contributed by atoms with Gasteiger partial charge in [-0.2, -0.15) is 0 Å². The molecule has 2 rings (SSSR count). The van der Waals surface area contributed by atoms with Crippen LogP contribution >= 0.6 is 31.9 Å². The van der Waals surface area contributed by atoms with Crippen molar-refractivity contribution in [3.63, 3.8) is 0 Å². The molecule has 2 aromatic rings. The van der Waals surface area contributed by atoms with Gasteiger partial charge in [0.25, 0.3) is 0 Å². The number of aromatic nitrogens is 1. The molecule has 0 aliphatic heterocycles. The molecule has 0 saturated heterocycles. The van der Waals surface area contributed by atoms with Crippen LogP contribution in [-0.2, 0) is 16.6 Å². The molecule has 1 N–H and O–H groups in total. The Morgan fingerprint density at radius 3 is 2.43 bits per heavy atom. The van der Waals surface area contributed by atoms with Crippen molar-refractivity contribution in [1.82, 2.24) is 9.88 Å². The summed E-state index contributed by atoms with van der Waals surface area (Å²) in [7, 11) is -3.64. The van der Waals surface area contributed by atoms with Crippen LogP contribution in [0.5, 0.6) is 0 Å². The van der Waals surface area contributed by atoms with Crippen molar-refractivity contribution in [2.75, 3.05) is 0 Å². The molecule has 0 aliphatic carbocycles. The van der Waals surface area contributed by atoms with Crippen LogP contribution in [0, 0.1) is 20.8 Å². The summed E-state index contributed by atoms with van der Waals surface area (Å²) in [5.41, 5.74) is 2.38. The Hall–Kier alpha value is -0.700. The van der Waals surface area contributed by atoms with E-state index < -0.39 is 10.0 Å². The van der Waals surface area contributed by atoms with E-state index in [-0.39, 0.29) is 11.4 Å². The third-order valence-electron chi connectivity index (χ3n) is 3.12. The van der Waals surface area contributed by atoms with E-state index in [9.17, 15) is 8.42 Å². The van der Waals surface area contributed by atoms with Gasteiger partial charge < -0.3 is 4.52 Å². The third kappa shape index (κ3) is 3.56. The molecule has 5 nitrogen and oxygen atoms in total. The van der Waals surface area contributed by atoms with E-state index in [0.29, 0.717) is 15.9 Å². The molecule has 21 heavy (non-hydrogen) atoms. The number of aryl methyl sites for hydroxylation is 3. The zero-order chi connectivity index (χ0) is 15.8. The van der Waals surface area contributed by atoms with Crippen molar-refractivity contribution in [1.29, 1.82) is 0 Å². The van der Waals surface area contributed by atoms with Gasteiger partial charge >= 0.3 is 0 Å². The van der Waals surface area contributed by atoms with Crippen LogP contribution in [0.1, 0.15) is 22.6 Å². The van der Waals surface area contributed by atoms with E-state index in [0.717, 1.165) is 15.6 Å². The van der Waals surface area contributed by atoms with Gasteiger partial charge in [-0.25, -0.2) is 13.1 Å². The van der Waals surface area contributed by atoms with Gasteiger partial charge in [0.05, 0.1) is 10.6 Å². The maximum atomic E-state index is 12.4. The molecule has 0 atom stereocenters. The molecule has 0 bridgehead atoms. The first-order valence-corrected chi connectivity index (χ1v) is 9.16. The number of nitrogens with zero attached hydrogens (tertiary/aromatic N) is 1. The second kappa shape index (κ2) is 6.20. The van der Waals surface area contributed by atoms with E-state index in [4.69, 9.17) is 4.52 Å². The molecule has 0 aliphatic rings. The molecule has 8 heteroatoms. The molecule has 0 radical (unpaired) electrons. The van der Waals surface area contributed by atoms with Gasteiger partial charge in [-0.05, 0) is 54.4 Å². The third-order valence-corrected chi connectivity index (χ3v) is 6.34. The highest BCUT2D eigenvalue weighted by Crippen LogP contribution is 2.29. The number of rotatable bonds is 4. The van der Waals surface area contributed by atoms with Crippen molar-refractivity contribution in [3.8, 4) is 0 Å². The monoisotopic (exact) mass is 436 g/mol. The number of benzene rings is 1. The molecule has 0 amide bonds. The van der Waals surface area contributed by atoms with Crippen molar-refractivity contribution in [2.24, 2.45) is 0 Å². The molecular formula is C13H14Br2N2O3S. The Balaban J connectivity index is 2.29. The summed E-state index contributed by atoms with van der Waals surface area (Å²) in [6.07, 6.45) is 0. The smallest absolute Gasteiger partial charge is 0.242 e. The minimum absolute atomic E-state index is 0.140. The summed E-state index contributed by atoms with van der Waals surface area (Å²) < 4.78 is 33.7. The highest BCUT2D eigenvalue weighted by Gasteiger charge is 2.20. The minimum Gasteiger partial charge on any atom is -0.361 e. The van der Waals surface area contributed by atoms with Crippen molar-refractivity contribution in [3.05, 3.63) is 43.7 Å². The van der Waals surface area contributed by atoms with E-state index in [1.807, 2.05) is 6.92 Å². The Bertz CT molecular complexity index is 765. The summed E-state index contributed by atoms with van der Waals surface area (Å²) in [6, 6.07) is 3.34. The maximum Gasteiger partial charge on any atom is 0.242 e. The van der Waals surface area contributed by atoms with Gasteiger partial charge in [0.15, 0.2) is 0 Å². The van der Waals surface area contributed by atoms with Crippen LogP contribution in [0.4, 0.5) is 0 Å². The Morgan fingerprint density at radius 2 is 1.86 bits per heavy atom. The van der Waals surface area contributed by atoms with Gasteiger partial charge in [-0.15, -0.1) is 0 Å². The number of hydrogen-bond acceptors (Lipinski definition) is 4. The topological polar surface area (TPSA) is 72.2 Å². The van der Waals surface area contributed by atoms with E-state index in [1.54, 1.807) is 26.0 Å². The first kappa shape index (κ1) is 16.7. The summed E-state index contributed by atoms with van der Waals surface area (Å²) in [6.45, 7) is 5.56. The maximum absolute atomic E-state index is 12.4. The summed E-state index contributed by atoms with van der Waals surface area (Å²) in [4.78, 5) is 0.187. The molecule has 114 valence electrons. The van der Waals surface area contributed by atoms with Crippen LogP contribution in [-0.4, -0.2) is 13.6 Å². The predicted octanol–water partition coefficient (Wildman–Crippen LogP) is 3.60. The van der Waals surface area contributed by atoms with Crippen molar-refractivity contribution >= 4 is 41.9 Å². The molecule has 1 heterocycles. The van der Waals surface area contributed by atoms with E-state index >= 15 is 0 Å². The van der Waals surface area contributed by atoms with Gasteiger partial charge in [0.1, 0.15) is 5.76 Å². The predicted molar refractivity (Wildman–Crippen MR) is 86.6 cm³/mol. The molecule has 0 spiro atoms. The van der Waals surface area contributed by atoms with Crippen molar-refractivity contribution < 1.29 is 12.9 Å². The van der Waals surface area contributed by atoms with Crippen LogP contribution < -0.4 is 4.72 Å². The molecule has 1 aromatic carbocycles. The second-order valence-electron chi connectivity index (χ2n) is 4.66. The number of halogens is 2. The number of nitrogens with one attached hydrogen (secondary N) is 1. The molecule has 0 unspecified atom stereocenters. The zero-order valence-electron chi connectivity index (χ0n) is 11.7. The lowest BCUT2D eigenvalue weighted by molar-refractivity contribution is 0.392. The average Bonchev–Trinajstić information content (AvgIpc) is 2.71. The first-order chi connectivity index (χ1) is 9.72. The second-order valence-corrected chi connectivity index (χ2v) is 8.10. The van der Waals surface area contributed by atoms with Gasteiger partial charge in [-0.3, -0.25) is 0 Å². The lowest BCUT2D eigenvalue weighted by Gasteiger charge is -2.10. The fraction of sp³-hybridized carbons (Fsp3) is 0.308. The average molecular weight is 438 g/mol. The molecule has 1 aromatic heterocycles. The van der Waals surface area contributed by atoms with Gasteiger partial charge in [0, 0.05) is 21.1 Å². The van der Waals surface area contributed by atoms with E-state index in [1.165, 1.54) is 0 Å². The molecule has 0 fully saturated rings. The lowest BCUT2D eigenvalue weighted by Crippen LogP contribution is -2.24. The van der Waals surface area contributed by atoms with Crippen LogP contribution in [0.2, 0.25) is 0 Å².